The molecule has 1 aliphatic carbocycles. The van der Waals surface area contributed by atoms with E-state index in [1.54, 1.807) is 0 Å². The van der Waals surface area contributed by atoms with Crippen molar-refractivity contribution in [2.75, 3.05) is 5.32 Å². The van der Waals surface area contributed by atoms with E-state index in [0.717, 1.165) is 12.1 Å². The van der Waals surface area contributed by atoms with Gasteiger partial charge >= 0.3 is 17.9 Å². The smallest absolute Gasteiger partial charge is 0.336 e. The summed E-state index contributed by atoms with van der Waals surface area (Å²) in [6.45, 7) is 0. The number of carboxylic acids is 3. The maximum Gasteiger partial charge on any atom is 0.336 e. The van der Waals surface area contributed by atoms with Crippen LogP contribution in [0, 0.1) is 0 Å². The number of hydrogen-bond acceptors (Lipinski definition) is 4. The van der Waals surface area contributed by atoms with Crippen molar-refractivity contribution in [3.05, 3.63) is 40.5 Å². The summed E-state index contributed by atoms with van der Waals surface area (Å²) < 4.78 is 0. The molecule has 1 aromatic carbocycles. The van der Waals surface area contributed by atoms with E-state index in [2.05, 4.69) is 5.32 Å². The number of benzene rings is 1. The van der Waals surface area contributed by atoms with Gasteiger partial charge in [-0.2, -0.15) is 0 Å². The lowest BCUT2D eigenvalue weighted by molar-refractivity contribution is -0.133. The average Bonchev–Trinajstić information content (AvgIpc) is 2.96. The molecule has 8 nitrogen and oxygen atoms in total. The van der Waals surface area contributed by atoms with Crippen molar-refractivity contribution in [2.24, 2.45) is 0 Å². The molecule has 2 rings (SSSR count). The van der Waals surface area contributed by atoms with Crippen LogP contribution in [0.25, 0.3) is 0 Å². The predicted molar refractivity (Wildman–Crippen MR) is 77.5 cm³/mol. The van der Waals surface area contributed by atoms with Gasteiger partial charge in [0.1, 0.15) is 0 Å². The van der Waals surface area contributed by atoms with Crippen LogP contribution in [0.5, 0.6) is 0 Å². The first-order chi connectivity index (χ1) is 10.8. The first kappa shape index (κ1) is 16.2. The van der Waals surface area contributed by atoms with Gasteiger partial charge in [-0.3, -0.25) is 4.79 Å². The van der Waals surface area contributed by atoms with Gasteiger partial charge in [0, 0.05) is 16.8 Å². The Morgan fingerprint density at radius 3 is 2.00 bits per heavy atom. The van der Waals surface area contributed by atoms with Gasteiger partial charge in [-0.05, 0) is 37.5 Å². The number of carboxylic acid groups (broad SMARTS) is 3. The molecule has 0 atom stereocenters. The minimum absolute atomic E-state index is 0.0446. The molecule has 0 saturated carbocycles. The van der Waals surface area contributed by atoms with Crippen molar-refractivity contribution < 1.29 is 34.5 Å². The van der Waals surface area contributed by atoms with E-state index in [4.69, 9.17) is 15.3 Å². The summed E-state index contributed by atoms with van der Waals surface area (Å²) in [5, 5.41) is 29.4. The van der Waals surface area contributed by atoms with Crippen LogP contribution in [0.15, 0.2) is 29.3 Å². The van der Waals surface area contributed by atoms with Crippen LogP contribution < -0.4 is 5.32 Å². The van der Waals surface area contributed by atoms with Gasteiger partial charge in [-0.1, -0.05) is 0 Å². The fourth-order valence-electron chi connectivity index (χ4n) is 2.42. The van der Waals surface area contributed by atoms with Crippen LogP contribution in [0.2, 0.25) is 0 Å². The largest absolute Gasteiger partial charge is 0.478 e. The molecule has 0 saturated heterocycles. The number of aromatic carboxylic acids is 2. The van der Waals surface area contributed by atoms with Crippen molar-refractivity contribution in [1.82, 2.24) is 0 Å². The van der Waals surface area contributed by atoms with Gasteiger partial charge in [-0.15, -0.1) is 0 Å². The van der Waals surface area contributed by atoms with Gasteiger partial charge in [0.15, 0.2) is 0 Å². The highest BCUT2D eigenvalue weighted by atomic mass is 16.4. The van der Waals surface area contributed by atoms with Crippen LogP contribution in [0.1, 0.15) is 40.0 Å². The minimum atomic E-state index is -1.44. The number of nitrogens with one attached hydrogen (secondary N) is 1. The lowest BCUT2D eigenvalue weighted by Crippen LogP contribution is -2.17. The number of anilines is 1. The maximum absolute atomic E-state index is 12.1. The van der Waals surface area contributed by atoms with E-state index < -0.39 is 34.9 Å². The van der Waals surface area contributed by atoms with Crippen molar-refractivity contribution in [2.45, 2.75) is 19.3 Å². The molecule has 0 bridgehead atoms. The Morgan fingerprint density at radius 1 is 0.826 bits per heavy atom. The number of rotatable bonds is 5. The van der Waals surface area contributed by atoms with Crippen molar-refractivity contribution in [3.63, 3.8) is 0 Å². The molecule has 1 aromatic rings. The summed E-state index contributed by atoms with van der Waals surface area (Å²) in [6, 6.07) is 3.35. The first-order valence-electron chi connectivity index (χ1n) is 6.68. The van der Waals surface area contributed by atoms with Crippen LogP contribution in [0.3, 0.4) is 0 Å². The lowest BCUT2D eigenvalue weighted by Gasteiger charge is -2.09. The van der Waals surface area contributed by atoms with Gasteiger partial charge in [0.2, 0.25) is 0 Å². The Bertz CT molecular complexity index is 748. The zero-order valence-corrected chi connectivity index (χ0v) is 11.8. The lowest BCUT2D eigenvalue weighted by atomic mass is 10.1. The third kappa shape index (κ3) is 3.37. The molecule has 120 valence electrons. The Hall–Kier alpha value is -3.16. The standard InChI is InChI=1S/C15H13NO7/c17-12(8-2-1-3-9(8)13(18)19)16-7-4-5-10(14(20)21)11(6-7)15(22)23/h4-6H,1-3H2,(H,16,17)(H,18,19)(H,20,21)(H,22,23). The van der Waals surface area contributed by atoms with Gasteiger partial charge in [0.05, 0.1) is 11.1 Å². The van der Waals surface area contributed by atoms with Crippen molar-refractivity contribution in [1.29, 1.82) is 0 Å². The fraction of sp³-hybridized carbons (Fsp3) is 0.200. The fourth-order valence-corrected chi connectivity index (χ4v) is 2.42. The number of hydrogen-bond donors (Lipinski definition) is 4. The van der Waals surface area contributed by atoms with Crippen LogP contribution in [-0.4, -0.2) is 39.1 Å². The Kier molecular flexibility index (Phi) is 4.44. The summed E-state index contributed by atoms with van der Waals surface area (Å²) in [5.41, 5.74) is -0.586. The first-order valence-corrected chi connectivity index (χ1v) is 6.68. The van der Waals surface area contributed by atoms with Gasteiger partial charge < -0.3 is 20.6 Å². The topological polar surface area (TPSA) is 141 Å². The zero-order valence-electron chi connectivity index (χ0n) is 11.8. The molecule has 4 N–H and O–H groups in total. The van der Waals surface area contributed by atoms with Crippen LogP contribution in [-0.2, 0) is 9.59 Å². The molecule has 0 fully saturated rings. The van der Waals surface area contributed by atoms with Crippen molar-refractivity contribution in [3.8, 4) is 0 Å². The molecular weight excluding hydrogens is 306 g/mol. The average molecular weight is 319 g/mol. The number of amides is 1. The monoisotopic (exact) mass is 319 g/mol. The van der Waals surface area contributed by atoms with E-state index in [1.165, 1.54) is 6.07 Å². The van der Waals surface area contributed by atoms with E-state index in [0.29, 0.717) is 19.3 Å². The molecule has 0 aliphatic heterocycles. The highest BCUT2D eigenvalue weighted by molar-refractivity contribution is 6.10. The summed E-state index contributed by atoms with van der Waals surface area (Å²) in [4.78, 5) is 45.2. The molecule has 23 heavy (non-hydrogen) atoms. The second kappa shape index (κ2) is 6.30. The zero-order chi connectivity index (χ0) is 17.1. The second-order valence-corrected chi connectivity index (χ2v) is 4.94. The van der Waals surface area contributed by atoms with Crippen molar-refractivity contribution >= 4 is 29.5 Å². The second-order valence-electron chi connectivity index (χ2n) is 4.94. The molecule has 0 spiro atoms. The quantitative estimate of drug-likeness (QED) is 0.645. The van der Waals surface area contributed by atoms with E-state index in [-0.39, 0.29) is 16.8 Å². The summed E-state index contributed by atoms with van der Waals surface area (Å²) >= 11 is 0. The molecule has 0 heterocycles. The van der Waals surface area contributed by atoms with E-state index >= 15 is 0 Å². The summed E-state index contributed by atoms with van der Waals surface area (Å²) in [7, 11) is 0. The van der Waals surface area contributed by atoms with Gasteiger partial charge in [-0.25, -0.2) is 14.4 Å². The Balaban J connectivity index is 2.30. The predicted octanol–water partition coefficient (Wildman–Crippen LogP) is 1.59. The van der Waals surface area contributed by atoms with E-state index in [9.17, 15) is 19.2 Å². The molecule has 0 aromatic heterocycles. The van der Waals surface area contributed by atoms with Crippen LogP contribution >= 0.6 is 0 Å². The molecule has 1 amide bonds. The Morgan fingerprint density at radius 2 is 1.43 bits per heavy atom. The normalized spacial score (nSPS) is 13.7. The maximum atomic E-state index is 12.1. The van der Waals surface area contributed by atoms with E-state index in [1.807, 2.05) is 0 Å². The summed E-state index contributed by atoms with van der Waals surface area (Å²) in [5.74, 6) is -4.61. The highest BCUT2D eigenvalue weighted by Gasteiger charge is 2.25. The number of aliphatic carboxylic acids is 1. The molecule has 0 unspecified atom stereocenters. The third-order valence-corrected chi connectivity index (χ3v) is 3.49. The SMILES string of the molecule is O=C(O)C1=C(C(=O)Nc2ccc(C(=O)O)c(C(=O)O)c2)CCC1. The summed E-state index contributed by atoms with van der Waals surface area (Å²) in [6.07, 6.45) is 1.19. The molecule has 0 radical (unpaired) electrons. The van der Waals surface area contributed by atoms with Gasteiger partial charge in [0.25, 0.3) is 5.91 Å². The number of carbonyl (C=O) groups is 4. The Labute approximate surface area is 130 Å². The molecule has 1 aliphatic rings. The molecular formula is C15H13NO7. The minimum Gasteiger partial charge on any atom is -0.478 e. The van der Waals surface area contributed by atoms with Crippen LogP contribution in [0.4, 0.5) is 5.69 Å². The third-order valence-electron chi connectivity index (χ3n) is 3.49. The molecule has 8 heteroatoms. The highest BCUT2D eigenvalue weighted by Crippen LogP contribution is 2.27. The number of carbonyl (C=O) groups excluding carboxylic acids is 1.